The lowest BCUT2D eigenvalue weighted by Crippen LogP contribution is -2.45. The lowest BCUT2D eigenvalue weighted by molar-refractivity contribution is -0.123. The summed E-state index contributed by atoms with van der Waals surface area (Å²) < 4.78 is 0. The van der Waals surface area contributed by atoms with Gasteiger partial charge >= 0.3 is 0 Å². The van der Waals surface area contributed by atoms with E-state index >= 15 is 0 Å². The molecule has 0 radical (unpaired) electrons. The topological polar surface area (TPSA) is 69.6 Å². The van der Waals surface area contributed by atoms with Gasteiger partial charge < -0.3 is 15.5 Å². The Kier molecular flexibility index (Phi) is 29.5. The first kappa shape index (κ1) is 36.9. The number of aliphatic hydroxyl groups excluding tert-OH is 2. The highest BCUT2D eigenvalue weighted by Gasteiger charge is 2.19. The van der Waals surface area contributed by atoms with E-state index in [4.69, 9.17) is 0 Å². The molecule has 0 fully saturated rings. The fourth-order valence-corrected chi connectivity index (χ4v) is 4.82. The van der Waals surface area contributed by atoms with Crippen LogP contribution in [-0.4, -0.2) is 34.9 Å². The van der Waals surface area contributed by atoms with Crippen LogP contribution in [0.2, 0.25) is 0 Å². The molecule has 0 saturated heterocycles. The van der Waals surface area contributed by atoms with Crippen molar-refractivity contribution in [1.82, 2.24) is 5.32 Å². The average Bonchev–Trinajstić information content (AvgIpc) is 2.92. The van der Waals surface area contributed by atoms with E-state index < -0.39 is 12.1 Å². The number of carbonyl (C=O) groups excluding carboxylic acids is 1. The molecule has 0 aliphatic carbocycles. The van der Waals surface area contributed by atoms with Crippen LogP contribution in [0.4, 0.5) is 0 Å². The molecule has 0 rings (SSSR count). The molecule has 1 amide bonds. The normalized spacial score (nSPS) is 13.5. The predicted molar refractivity (Wildman–Crippen MR) is 165 cm³/mol. The van der Waals surface area contributed by atoms with Crippen LogP contribution < -0.4 is 5.32 Å². The second-order valence-electron chi connectivity index (χ2n) is 11.2. The van der Waals surface area contributed by atoms with Crippen molar-refractivity contribution in [1.29, 1.82) is 0 Å². The van der Waals surface area contributed by atoms with Gasteiger partial charge in [-0.3, -0.25) is 4.79 Å². The number of unbranched alkanes of at least 4 members (excludes halogenated alkanes) is 18. The van der Waals surface area contributed by atoms with Gasteiger partial charge in [-0.25, -0.2) is 0 Å². The SMILES string of the molecule is CCCCCC/C=C/CCCCCCCC(=O)N[C@@H](CO)[C@H](O)CCCC/C=C/CCCCCCCCC. The summed E-state index contributed by atoms with van der Waals surface area (Å²) in [6, 6.07) is -0.552. The number of allylic oxidation sites excluding steroid dienone is 4. The highest BCUT2D eigenvalue weighted by atomic mass is 16.3. The quantitative estimate of drug-likeness (QED) is 0.0660. The van der Waals surface area contributed by atoms with Gasteiger partial charge in [-0.05, 0) is 64.2 Å². The summed E-state index contributed by atoms with van der Waals surface area (Å²) in [5.41, 5.74) is 0. The van der Waals surface area contributed by atoms with E-state index in [1.165, 1.54) is 103 Å². The maximum atomic E-state index is 12.3. The summed E-state index contributed by atoms with van der Waals surface area (Å²) in [6.45, 7) is 4.30. The molecule has 2 atom stereocenters. The summed E-state index contributed by atoms with van der Waals surface area (Å²) in [7, 11) is 0. The summed E-state index contributed by atoms with van der Waals surface area (Å²) in [6.07, 6.45) is 36.5. The van der Waals surface area contributed by atoms with E-state index in [0.29, 0.717) is 12.8 Å². The zero-order valence-electron chi connectivity index (χ0n) is 25.4. The Morgan fingerprint density at radius 1 is 0.605 bits per heavy atom. The number of aliphatic hydroxyl groups is 2. The number of hydrogen-bond acceptors (Lipinski definition) is 3. The molecule has 0 bridgehead atoms. The maximum Gasteiger partial charge on any atom is 0.220 e. The Bertz CT molecular complexity index is 546. The summed E-state index contributed by atoms with van der Waals surface area (Å²) in [5.74, 6) is -0.0533. The third-order valence-corrected chi connectivity index (χ3v) is 7.43. The van der Waals surface area contributed by atoms with Gasteiger partial charge in [0.25, 0.3) is 0 Å². The molecule has 0 aromatic carbocycles. The Morgan fingerprint density at radius 2 is 1.00 bits per heavy atom. The van der Waals surface area contributed by atoms with E-state index in [1.807, 2.05) is 0 Å². The Morgan fingerprint density at radius 3 is 1.47 bits per heavy atom. The smallest absolute Gasteiger partial charge is 0.220 e. The molecule has 0 aromatic rings. The number of amides is 1. The van der Waals surface area contributed by atoms with Crippen LogP contribution in [0.25, 0.3) is 0 Å². The molecule has 0 heterocycles. The molecular weight excluding hydrogens is 470 g/mol. The van der Waals surface area contributed by atoms with E-state index in [-0.39, 0.29) is 12.5 Å². The molecule has 0 aromatic heterocycles. The van der Waals surface area contributed by atoms with E-state index in [0.717, 1.165) is 38.5 Å². The van der Waals surface area contributed by atoms with Crippen LogP contribution in [0.5, 0.6) is 0 Å². The second kappa shape index (κ2) is 30.4. The Labute approximate surface area is 237 Å². The van der Waals surface area contributed by atoms with Crippen molar-refractivity contribution in [3.63, 3.8) is 0 Å². The molecule has 3 N–H and O–H groups in total. The number of nitrogens with one attached hydrogen (secondary N) is 1. The standard InChI is InChI=1S/C34H65NO3/c1-3-5-7-9-11-13-15-17-19-21-23-25-27-29-33(37)32(31-36)35-34(38)30-28-26-24-22-20-18-16-14-12-10-8-6-4-2/h14,16,19,21,32-33,36-37H,3-13,15,17-18,20,22-31H2,1-2H3,(H,35,38)/b16-14+,21-19+/t32-,33+/m0/s1. The maximum absolute atomic E-state index is 12.3. The molecule has 38 heavy (non-hydrogen) atoms. The van der Waals surface area contributed by atoms with E-state index in [1.54, 1.807) is 0 Å². The lowest BCUT2D eigenvalue weighted by Gasteiger charge is -2.22. The van der Waals surface area contributed by atoms with Crippen molar-refractivity contribution in [2.75, 3.05) is 6.61 Å². The Hall–Kier alpha value is -1.13. The molecule has 4 heteroatoms. The highest BCUT2D eigenvalue weighted by molar-refractivity contribution is 5.76. The first-order chi connectivity index (χ1) is 18.7. The molecule has 0 aliphatic rings. The molecule has 0 aliphatic heterocycles. The lowest BCUT2D eigenvalue weighted by atomic mass is 10.0. The minimum atomic E-state index is -0.680. The van der Waals surface area contributed by atoms with E-state index in [9.17, 15) is 15.0 Å². The van der Waals surface area contributed by atoms with E-state index in [2.05, 4.69) is 43.5 Å². The van der Waals surface area contributed by atoms with Gasteiger partial charge in [-0.15, -0.1) is 0 Å². The molecule has 0 saturated carbocycles. The molecule has 4 nitrogen and oxygen atoms in total. The monoisotopic (exact) mass is 535 g/mol. The third-order valence-electron chi connectivity index (χ3n) is 7.43. The van der Waals surface area contributed by atoms with Crippen LogP contribution in [0.1, 0.15) is 168 Å². The molecule has 0 unspecified atom stereocenters. The van der Waals surface area contributed by atoms with Gasteiger partial charge in [-0.1, -0.05) is 122 Å². The summed E-state index contributed by atoms with van der Waals surface area (Å²) in [4.78, 5) is 12.3. The van der Waals surface area contributed by atoms with Crippen LogP contribution in [-0.2, 0) is 4.79 Å². The fraction of sp³-hybridized carbons (Fsp3) is 0.853. The van der Waals surface area contributed by atoms with Gasteiger partial charge in [-0.2, -0.15) is 0 Å². The molecule has 0 spiro atoms. The predicted octanol–water partition coefficient (Wildman–Crippen LogP) is 9.34. The molecular formula is C34H65NO3. The van der Waals surface area contributed by atoms with Gasteiger partial charge in [0.2, 0.25) is 5.91 Å². The Balaban J connectivity index is 3.66. The number of hydrogen-bond donors (Lipinski definition) is 3. The van der Waals surface area contributed by atoms with Crippen molar-refractivity contribution < 1.29 is 15.0 Å². The third kappa shape index (κ3) is 26.5. The minimum Gasteiger partial charge on any atom is -0.394 e. The summed E-state index contributed by atoms with van der Waals surface area (Å²) in [5, 5.41) is 22.9. The van der Waals surface area contributed by atoms with Gasteiger partial charge in [0.1, 0.15) is 0 Å². The van der Waals surface area contributed by atoms with Gasteiger partial charge in [0.15, 0.2) is 0 Å². The van der Waals surface area contributed by atoms with Crippen molar-refractivity contribution in [3.05, 3.63) is 24.3 Å². The van der Waals surface area contributed by atoms with Crippen LogP contribution in [0.15, 0.2) is 24.3 Å². The average molecular weight is 536 g/mol. The zero-order valence-corrected chi connectivity index (χ0v) is 25.4. The summed E-state index contributed by atoms with van der Waals surface area (Å²) >= 11 is 0. The van der Waals surface area contributed by atoms with Gasteiger partial charge in [0, 0.05) is 6.42 Å². The van der Waals surface area contributed by atoms with Crippen LogP contribution in [0, 0.1) is 0 Å². The van der Waals surface area contributed by atoms with Crippen molar-refractivity contribution >= 4 is 5.91 Å². The van der Waals surface area contributed by atoms with Crippen molar-refractivity contribution in [3.8, 4) is 0 Å². The van der Waals surface area contributed by atoms with Crippen LogP contribution >= 0.6 is 0 Å². The number of carbonyl (C=O) groups is 1. The first-order valence-corrected chi connectivity index (χ1v) is 16.5. The highest BCUT2D eigenvalue weighted by Crippen LogP contribution is 2.12. The molecule has 224 valence electrons. The second-order valence-corrected chi connectivity index (χ2v) is 11.2. The van der Waals surface area contributed by atoms with Gasteiger partial charge in [0.05, 0.1) is 18.8 Å². The first-order valence-electron chi connectivity index (χ1n) is 16.5. The number of rotatable bonds is 29. The zero-order chi connectivity index (χ0) is 27.9. The largest absolute Gasteiger partial charge is 0.394 e. The van der Waals surface area contributed by atoms with Crippen molar-refractivity contribution in [2.45, 2.75) is 180 Å². The van der Waals surface area contributed by atoms with Crippen molar-refractivity contribution in [2.24, 2.45) is 0 Å². The minimum absolute atomic E-state index is 0.0533. The fourth-order valence-electron chi connectivity index (χ4n) is 4.82. The van der Waals surface area contributed by atoms with Crippen LogP contribution in [0.3, 0.4) is 0 Å².